The van der Waals surface area contributed by atoms with Gasteiger partial charge in [0.2, 0.25) is 5.91 Å². The van der Waals surface area contributed by atoms with Gasteiger partial charge in [-0.25, -0.2) is 0 Å². The smallest absolute Gasteiger partial charge is 0.251 e. The Hall–Kier alpha value is -2.66. The molecular weight excluding hydrogens is 374 g/mol. The minimum absolute atomic E-state index is 0.0633. The number of hydrogen-bond donors (Lipinski definition) is 2. The average molecular weight is 408 g/mol. The SMILES string of the molecule is Cc1ccccc1C(=O)NCCC(=O)NCc1ccc(CN2CCC(C)CC2)cc1. The highest BCUT2D eigenvalue weighted by Gasteiger charge is 2.15. The Balaban J connectivity index is 1.35. The van der Waals surface area contributed by atoms with Crippen LogP contribution in [0.15, 0.2) is 48.5 Å². The molecular formula is C25H33N3O2. The molecule has 0 spiro atoms. The summed E-state index contributed by atoms with van der Waals surface area (Å²) in [6.07, 6.45) is 2.84. The number of hydrogen-bond acceptors (Lipinski definition) is 3. The fourth-order valence-corrected chi connectivity index (χ4v) is 3.74. The number of benzene rings is 2. The fraction of sp³-hybridized carbons (Fsp3) is 0.440. The number of rotatable bonds is 8. The molecule has 2 N–H and O–H groups in total. The van der Waals surface area contributed by atoms with Gasteiger partial charge in [0.05, 0.1) is 0 Å². The number of nitrogens with one attached hydrogen (secondary N) is 2. The van der Waals surface area contributed by atoms with Crippen molar-refractivity contribution in [1.82, 2.24) is 15.5 Å². The number of carbonyl (C=O) groups is 2. The van der Waals surface area contributed by atoms with Crippen LogP contribution < -0.4 is 10.6 Å². The summed E-state index contributed by atoms with van der Waals surface area (Å²) in [6, 6.07) is 15.9. The van der Waals surface area contributed by atoms with E-state index in [4.69, 9.17) is 0 Å². The van der Waals surface area contributed by atoms with E-state index in [-0.39, 0.29) is 18.2 Å². The zero-order chi connectivity index (χ0) is 21.3. The predicted molar refractivity (Wildman–Crippen MR) is 120 cm³/mol. The molecule has 0 radical (unpaired) electrons. The average Bonchev–Trinajstić information content (AvgIpc) is 2.75. The number of piperidine rings is 1. The Bertz CT molecular complexity index is 840. The normalized spacial score (nSPS) is 15.0. The van der Waals surface area contributed by atoms with Crippen LogP contribution in [-0.4, -0.2) is 36.3 Å². The minimum atomic E-state index is -0.139. The van der Waals surface area contributed by atoms with Crippen LogP contribution in [0.4, 0.5) is 0 Å². The lowest BCUT2D eigenvalue weighted by Crippen LogP contribution is -2.32. The molecule has 0 atom stereocenters. The molecule has 1 aliphatic heterocycles. The highest BCUT2D eigenvalue weighted by molar-refractivity contribution is 5.95. The van der Waals surface area contributed by atoms with Gasteiger partial charge in [-0.3, -0.25) is 14.5 Å². The second kappa shape index (κ2) is 10.9. The van der Waals surface area contributed by atoms with Gasteiger partial charge in [-0.05, 0) is 61.5 Å². The molecule has 5 heteroatoms. The number of carbonyl (C=O) groups excluding carboxylic acids is 2. The van der Waals surface area contributed by atoms with E-state index in [9.17, 15) is 9.59 Å². The van der Waals surface area contributed by atoms with E-state index in [0.29, 0.717) is 18.7 Å². The van der Waals surface area contributed by atoms with Crippen molar-refractivity contribution in [3.05, 3.63) is 70.8 Å². The van der Waals surface area contributed by atoms with Gasteiger partial charge in [0, 0.05) is 31.6 Å². The molecule has 30 heavy (non-hydrogen) atoms. The highest BCUT2D eigenvalue weighted by atomic mass is 16.2. The molecule has 2 aromatic carbocycles. The van der Waals surface area contributed by atoms with Crippen LogP contribution in [0.5, 0.6) is 0 Å². The second-order valence-electron chi connectivity index (χ2n) is 8.37. The quantitative estimate of drug-likeness (QED) is 0.702. The van der Waals surface area contributed by atoms with Crippen molar-refractivity contribution in [2.75, 3.05) is 19.6 Å². The van der Waals surface area contributed by atoms with Crippen molar-refractivity contribution < 1.29 is 9.59 Å². The number of nitrogens with zero attached hydrogens (tertiary/aromatic N) is 1. The van der Waals surface area contributed by atoms with Crippen molar-refractivity contribution in [3.63, 3.8) is 0 Å². The summed E-state index contributed by atoms with van der Waals surface area (Å²) < 4.78 is 0. The maximum Gasteiger partial charge on any atom is 0.251 e. The van der Waals surface area contributed by atoms with Gasteiger partial charge in [0.1, 0.15) is 0 Å². The van der Waals surface area contributed by atoms with Crippen LogP contribution >= 0.6 is 0 Å². The van der Waals surface area contributed by atoms with Crippen molar-refractivity contribution in [2.24, 2.45) is 5.92 Å². The maximum absolute atomic E-state index is 12.2. The van der Waals surface area contributed by atoms with Crippen LogP contribution in [0, 0.1) is 12.8 Å². The third-order valence-corrected chi connectivity index (χ3v) is 5.82. The standard InChI is InChI=1S/C25H33N3O2/c1-19-12-15-28(16-13-19)18-22-9-7-21(8-10-22)17-27-24(29)11-14-26-25(30)23-6-4-3-5-20(23)2/h3-10,19H,11-18H2,1-2H3,(H,26,30)(H,27,29). The Kier molecular flexibility index (Phi) is 8.03. The Morgan fingerprint density at radius 2 is 1.63 bits per heavy atom. The summed E-state index contributed by atoms with van der Waals surface area (Å²) in [5, 5.41) is 5.74. The second-order valence-corrected chi connectivity index (χ2v) is 8.37. The number of amides is 2. The molecule has 0 saturated carbocycles. The summed E-state index contributed by atoms with van der Waals surface area (Å²) in [7, 11) is 0. The van der Waals surface area contributed by atoms with E-state index in [2.05, 4.69) is 46.7 Å². The largest absolute Gasteiger partial charge is 0.352 e. The lowest BCUT2D eigenvalue weighted by molar-refractivity contribution is -0.121. The summed E-state index contributed by atoms with van der Waals surface area (Å²) in [5.74, 6) is 0.647. The molecule has 2 amide bonds. The van der Waals surface area contributed by atoms with Gasteiger partial charge in [-0.15, -0.1) is 0 Å². The van der Waals surface area contributed by atoms with Crippen LogP contribution in [0.3, 0.4) is 0 Å². The molecule has 0 aromatic heterocycles. The molecule has 2 aromatic rings. The molecule has 1 saturated heterocycles. The van der Waals surface area contributed by atoms with E-state index in [0.717, 1.165) is 23.6 Å². The van der Waals surface area contributed by atoms with E-state index in [1.807, 2.05) is 25.1 Å². The Morgan fingerprint density at radius 3 is 2.33 bits per heavy atom. The minimum Gasteiger partial charge on any atom is -0.352 e. The van der Waals surface area contributed by atoms with Gasteiger partial charge in [-0.1, -0.05) is 49.4 Å². The first-order valence-corrected chi connectivity index (χ1v) is 10.9. The van der Waals surface area contributed by atoms with Gasteiger partial charge in [0.25, 0.3) is 5.91 Å². The summed E-state index contributed by atoms with van der Waals surface area (Å²) in [5.41, 5.74) is 3.98. The third kappa shape index (κ3) is 6.70. The Labute approximate surface area is 179 Å². The van der Waals surface area contributed by atoms with E-state index >= 15 is 0 Å². The highest BCUT2D eigenvalue weighted by Crippen LogP contribution is 2.18. The Morgan fingerprint density at radius 1 is 0.967 bits per heavy atom. The van der Waals surface area contributed by atoms with Crippen molar-refractivity contribution >= 4 is 11.8 Å². The van der Waals surface area contributed by atoms with E-state index in [1.165, 1.54) is 31.5 Å². The molecule has 1 aliphatic rings. The molecule has 5 nitrogen and oxygen atoms in total. The molecule has 3 rings (SSSR count). The lowest BCUT2D eigenvalue weighted by Gasteiger charge is -2.30. The van der Waals surface area contributed by atoms with Gasteiger partial charge >= 0.3 is 0 Å². The zero-order valence-corrected chi connectivity index (χ0v) is 18.1. The van der Waals surface area contributed by atoms with E-state index in [1.54, 1.807) is 6.07 Å². The van der Waals surface area contributed by atoms with Gasteiger partial charge < -0.3 is 10.6 Å². The van der Waals surface area contributed by atoms with Crippen LogP contribution in [0.25, 0.3) is 0 Å². The van der Waals surface area contributed by atoms with Crippen LogP contribution in [-0.2, 0) is 17.9 Å². The predicted octanol–water partition coefficient (Wildman–Crippen LogP) is 3.66. The first-order chi connectivity index (χ1) is 14.5. The molecule has 1 fully saturated rings. The fourth-order valence-electron chi connectivity index (χ4n) is 3.74. The molecule has 0 unspecified atom stereocenters. The topological polar surface area (TPSA) is 61.4 Å². The monoisotopic (exact) mass is 407 g/mol. The van der Waals surface area contributed by atoms with Gasteiger partial charge in [0.15, 0.2) is 0 Å². The molecule has 0 aliphatic carbocycles. The third-order valence-electron chi connectivity index (χ3n) is 5.82. The number of likely N-dealkylation sites (tertiary alicyclic amines) is 1. The lowest BCUT2D eigenvalue weighted by atomic mass is 9.99. The maximum atomic E-state index is 12.2. The van der Waals surface area contributed by atoms with Crippen LogP contribution in [0.1, 0.15) is 53.2 Å². The first kappa shape index (κ1) is 22.0. The van der Waals surface area contributed by atoms with Crippen molar-refractivity contribution in [2.45, 2.75) is 46.2 Å². The summed E-state index contributed by atoms with van der Waals surface area (Å²) in [4.78, 5) is 26.8. The number of aryl methyl sites for hydroxylation is 1. The van der Waals surface area contributed by atoms with Crippen molar-refractivity contribution in [1.29, 1.82) is 0 Å². The van der Waals surface area contributed by atoms with Crippen LogP contribution in [0.2, 0.25) is 0 Å². The van der Waals surface area contributed by atoms with Gasteiger partial charge in [-0.2, -0.15) is 0 Å². The zero-order valence-electron chi connectivity index (χ0n) is 18.1. The molecule has 160 valence electrons. The molecule has 0 bridgehead atoms. The summed E-state index contributed by atoms with van der Waals surface area (Å²) in [6.45, 7) is 8.43. The first-order valence-electron chi connectivity index (χ1n) is 10.9. The van der Waals surface area contributed by atoms with Crippen molar-refractivity contribution in [3.8, 4) is 0 Å². The summed E-state index contributed by atoms with van der Waals surface area (Å²) >= 11 is 0. The van der Waals surface area contributed by atoms with E-state index < -0.39 is 0 Å². The molecule has 1 heterocycles.